The first-order chi connectivity index (χ1) is 11.1. The Labute approximate surface area is 143 Å². The maximum absolute atomic E-state index is 13.5. The first-order valence-corrected chi connectivity index (χ1v) is 10.1. The van der Waals surface area contributed by atoms with Gasteiger partial charge in [-0.1, -0.05) is 48.9 Å². The van der Waals surface area contributed by atoms with Gasteiger partial charge >= 0.3 is 0 Å². The van der Waals surface area contributed by atoms with Crippen LogP contribution >= 0.6 is 19.0 Å². The Kier molecular flexibility index (Phi) is 6.71. The van der Waals surface area contributed by atoms with Crippen molar-refractivity contribution in [3.05, 3.63) is 65.2 Å². The van der Waals surface area contributed by atoms with Crippen molar-refractivity contribution in [2.45, 2.75) is 26.1 Å². The number of anilines is 1. The molecule has 2 atom stereocenters. The molecule has 23 heavy (non-hydrogen) atoms. The Morgan fingerprint density at radius 2 is 1.74 bits per heavy atom. The number of halogens is 1. The first kappa shape index (κ1) is 18.1. The van der Waals surface area contributed by atoms with Crippen molar-refractivity contribution in [2.24, 2.45) is 0 Å². The molecular formula is C18H23ClNO2P. The second-order valence-electron chi connectivity index (χ2n) is 5.33. The molecule has 124 valence electrons. The Bertz CT molecular complexity index is 636. The van der Waals surface area contributed by atoms with Crippen molar-refractivity contribution < 1.29 is 9.09 Å². The number of nitrogens with one attached hydrogen (secondary N) is 1. The van der Waals surface area contributed by atoms with Gasteiger partial charge in [0.2, 0.25) is 7.37 Å². The maximum Gasteiger partial charge on any atom is 0.229 e. The highest BCUT2D eigenvalue weighted by Crippen LogP contribution is 2.60. The monoisotopic (exact) mass is 351 g/mol. The number of hydrogen-bond donors (Lipinski definition) is 1. The molecule has 3 nitrogen and oxygen atoms in total. The fourth-order valence-electron chi connectivity index (χ4n) is 2.54. The van der Waals surface area contributed by atoms with Crippen LogP contribution in [0.25, 0.3) is 0 Å². The Morgan fingerprint density at radius 1 is 1.09 bits per heavy atom. The van der Waals surface area contributed by atoms with Crippen molar-refractivity contribution in [3.8, 4) is 0 Å². The van der Waals surface area contributed by atoms with Crippen LogP contribution in [0.1, 0.15) is 31.6 Å². The molecule has 2 unspecified atom stereocenters. The molecule has 0 aliphatic carbocycles. The molecule has 0 bridgehead atoms. The van der Waals surface area contributed by atoms with Crippen molar-refractivity contribution in [1.82, 2.24) is 0 Å². The Balaban J connectivity index is 2.40. The van der Waals surface area contributed by atoms with Crippen LogP contribution < -0.4 is 5.32 Å². The van der Waals surface area contributed by atoms with Crippen molar-refractivity contribution in [1.29, 1.82) is 0 Å². The summed E-state index contributed by atoms with van der Waals surface area (Å²) >= 11 is 5.99. The lowest BCUT2D eigenvalue weighted by molar-refractivity contribution is 0.327. The van der Waals surface area contributed by atoms with Gasteiger partial charge in [0.05, 0.1) is 6.61 Å². The van der Waals surface area contributed by atoms with Crippen LogP contribution in [0.5, 0.6) is 0 Å². The van der Waals surface area contributed by atoms with Crippen LogP contribution in [0, 0.1) is 0 Å². The molecule has 0 saturated heterocycles. The second kappa shape index (κ2) is 8.54. The minimum absolute atomic E-state index is 0.387. The number of benzene rings is 2. The van der Waals surface area contributed by atoms with E-state index in [-0.39, 0.29) is 5.78 Å². The molecule has 2 aromatic rings. The summed E-state index contributed by atoms with van der Waals surface area (Å²) in [5.41, 5.74) is 1.84. The van der Waals surface area contributed by atoms with Crippen LogP contribution in [-0.4, -0.2) is 12.8 Å². The van der Waals surface area contributed by atoms with Gasteiger partial charge in [0.15, 0.2) is 0 Å². The molecule has 0 radical (unpaired) electrons. The predicted molar refractivity (Wildman–Crippen MR) is 98.6 cm³/mol. The molecule has 0 aliphatic rings. The Morgan fingerprint density at radius 3 is 2.30 bits per heavy atom. The van der Waals surface area contributed by atoms with Crippen LogP contribution in [-0.2, 0) is 9.09 Å². The van der Waals surface area contributed by atoms with Gasteiger partial charge in [-0.15, -0.1) is 0 Å². The average Bonchev–Trinajstić information content (AvgIpc) is 2.55. The molecule has 2 aromatic carbocycles. The van der Waals surface area contributed by atoms with Gasteiger partial charge in [-0.3, -0.25) is 4.57 Å². The smallest absolute Gasteiger partial charge is 0.229 e. The second-order valence-corrected chi connectivity index (χ2v) is 8.44. The summed E-state index contributed by atoms with van der Waals surface area (Å²) in [5.74, 6) is -0.387. The zero-order chi connectivity index (χ0) is 16.7. The molecule has 0 amide bonds. The minimum Gasteiger partial charge on any atom is -0.370 e. The lowest BCUT2D eigenvalue weighted by Crippen LogP contribution is -2.15. The van der Waals surface area contributed by atoms with Crippen molar-refractivity contribution in [2.75, 3.05) is 18.1 Å². The molecule has 2 rings (SSSR count). The lowest BCUT2D eigenvalue weighted by atomic mass is 10.2. The molecule has 0 spiro atoms. The number of hydrogen-bond acceptors (Lipinski definition) is 3. The molecule has 0 aliphatic heterocycles. The van der Waals surface area contributed by atoms with Gasteiger partial charge < -0.3 is 9.84 Å². The van der Waals surface area contributed by atoms with Crippen LogP contribution in [0.15, 0.2) is 54.6 Å². The van der Waals surface area contributed by atoms with E-state index in [0.29, 0.717) is 17.8 Å². The zero-order valence-corrected chi connectivity index (χ0v) is 15.2. The van der Waals surface area contributed by atoms with E-state index in [1.54, 1.807) is 0 Å². The standard InChI is InChI=1S/C18H23ClNO2P/c1-3-14-23(21,22-4-2)18(15-10-12-16(19)13-11-15)20-17-8-6-5-7-9-17/h5-13,18,20H,3-4,14H2,1-2H3. The number of para-hydroxylation sites is 1. The van der Waals surface area contributed by atoms with Gasteiger partial charge in [0, 0.05) is 16.9 Å². The van der Waals surface area contributed by atoms with Gasteiger partial charge in [0.1, 0.15) is 5.78 Å². The van der Waals surface area contributed by atoms with E-state index < -0.39 is 7.37 Å². The van der Waals surface area contributed by atoms with Crippen molar-refractivity contribution in [3.63, 3.8) is 0 Å². The fraction of sp³-hybridized carbons (Fsp3) is 0.333. The molecular weight excluding hydrogens is 329 g/mol. The van der Waals surface area contributed by atoms with Gasteiger partial charge in [-0.2, -0.15) is 0 Å². The van der Waals surface area contributed by atoms with Crippen LogP contribution in [0.4, 0.5) is 5.69 Å². The fourth-order valence-corrected chi connectivity index (χ4v) is 5.24. The molecule has 0 fully saturated rings. The highest BCUT2D eigenvalue weighted by Gasteiger charge is 2.34. The SMILES string of the molecule is CCCP(=O)(OCC)C(Nc1ccccc1)c1ccc(Cl)cc1. The molecule has 0 heterocycles. The first-order valence-electron chi connectivity index (χ1n) is 7.89. The van der Waals surface area contributed by atoms with Gasteiger partial charge in [-0.25, -0.2) is 0 Å². The molecule has 0 saturated carbocycles. The topological polar surface area (TPSA) is 38.3 Å². The minimum atomic E-state index is -2.89. The van der Waals surface area contributed by atoms with E-state index in [4.69, 9.17) is 16.1 Å². The van der Waals surface area contributed by atoms with E-state index in [1.165, 1.54) is 0 Å². The number of rotatable bonds is 8. The van der Waals surface area contributed by atoms with Crippen LogP contribution in [0.2, 0.25) is 5.02 Å². The molecule has 5 heteroatoms. The summed E-state index contributed by atoms with van der Waals surface area (Å²) in [6.45, 7) is 4.33. The van der Waals surface area contributed by atoms with Crippen molar-refractivity contribution >= 4 is 24.7 Å². The molecule has 1 N–H and O–H groups in total. The summed E-state index contributed by atoms with van der Waals surface area (Å²) in [7, 11) is -2.89. The third-order valence-electron chi connectivity index (χ3n) is 3.54. The van der Waals surface area contributed by atoms with Gasteiger partial charge in [-0.05, 0) is 43.2 Å². The predicted octanol–water partition coefficient (Wildman–Crippen LogP) is 6.18. The summed E-state index contributed by atoms with van der Waals surface area (Å²) in [6, 6.07) is 17.2. The summed E-state index contributed by atoms with van der Waals surface area (Å²) in [6.07, 6.45) is 1.34. The van der Waals surface area contributed by atoms with E-state index in [0.717, 1.165) is 17.7 Å². The normalized spacial score (nSPS) is 14.9. The maximum atomic E-state index is 13.5. The van der Waals surface area contributed by atoms with E-state index in [1.807, 2.05) is 68.4 Å². The molecule has 0 aromatic heterocycles. The third kappa shape index (κ3) is 4.84. The highest BCUT2D eigenvalue weighted by molar-refractivity contribution is 7.59. The Hall–Kier alpha value is -1.28. The quantitative estimate of drug-likeness (QED) is 0.577. The highest BCUT2D eigenvalue weighted by atomic mass is 35.5. The average molecular weight is 352 g/mol. The van der Waals surface area contributed by atoms with Crippen LogP contribution in [0.3, 0.4) is 0 Å². The summed E-state index contributed by atoms with van der Waals surface area (Å²) in [5, 5.41) is 4.05. The van der Waals surface area contributed by atoms with E-state index in [2.05, 4.69) is 5.32 Å². The summed E-state index contributed by atoms with van der Waals surface area (Å²) < 4.78 is 19.2. The zero-order valence-electron chi connectivity index (χ0n) is 13.5. The third-order valence-corrected chi connectivity index (χ3v) is 6.77. The summed E-state index contributed by atoms with van der Waals surface area (Å²) in [4.78, 5) is 0. The lowest BCUT2D eigenvalue weighted by Gasteiger charge is -2.29. The van der Waals surface area contributed by atoms with Gasteiger partial charge in [0.25, 0.3) is 0 Å². The van der Waals surface area contributed by atoms with E-state index in [9.17, 15) is 4.57 Å². The largest absolute Gasteiger partial charge is 0.370 e. The van der Waals surface area contributed by atoms with E-state index >= 15 is 0 Å².